The Balaban J connectivity index is 2.26. The summed E-state index contributed by atoms with van der Waals surface area (Å²) in [5.74, 6) is -0.469. The van der Waals surface area contributed by atoms with Gasteiger partial charge in [-0.2, -0.15) is 4.68 Å². The molecule has 0 aliphatic carbocycles. The molecular formula is C12H19N5O3. The molecule has 20 heavy (non-hydrogen) atoms. The van der Waals surface area contributed by atoms with Crippen LogP contribution in [0.25, 0.3) is 0 Å². The maximum atomic E-state index is 12.5. The molecule has 1 fully saturated rings. The van der Waals surface area contributed by atoms with Crippen molar-refractivity contribution in [3.05, 3.63) is 21.9 Å². The summed E-state index contributed by atoms with van der Waals surface area (Å²) in [5.41, 5.74) is 0.288. The zero-order valence-electron chi connectivity index (χ0n) is 11.9. The Labute approximate surface area is 117 Å². The summed E-state index contributed by atoms with van der Waals surface area (Å²) in [6.45, 7) is 6.57. The van der Waals surface area contributed by atoms with Crippen LogP contribution >= 0.6 is 0 Å². The molecule has 110 valence electrons. The van der Waals surface area contributed by atoms with Crippen molar-refractivity contribution in [2.75, 3.05) is 33.2 Å². The molecule has 0 bridgehead atoms. The molecule has 1 aliphatic rings. The van der Waals surface area contributed by atoms with Crippen molar-refractivity contribution in [3.8, 4) is 0 Å². The van der Waals surface area contributed by atoms with Crippen LogP contribution < -0.4 is 0 Å². The second-order valence-electron chi connectivity index (χ2n) is 5.28. The molecule has 0 N–H and O–H groups in total. The minimum Gasteiger partial charge on any atom is -0.358 e. The van der Waals surface area contributed by atoms with Gasteiger partial charge in [0.25, 0.3) is 5.91 Å². The van der Waals surface area contributed by atoms with Crippen LogP contribution in [0.4, 0.5) is 5.82 Å². The summed E-state index contributed by atoms with van der Waals surface area (Å²) in [7, 11) is 2.00. The van der Waals surface area contributed by atoms with Crippen LogP contribution in [-0.4, -0.2) is 63.6 Å². The first kappa shape index (κ1) is 14.4. The largest absolute Gasteiger partial charge is 0.390 e. The third-order valence-electron chi connectivity index (χ3n) is 3.41. The summed E-state index contributed by atoms with van der Waals surface area (Å²) in [4.78, 5) is 26.6. The number of nitrogens with zero attached hydrogens (tertiary/aromatic N) is 5. The number of amides is 1. The van der Waals surface area contributed by atoms with Gasteiger partial charge in [0, 0.05) is 26.2 Å². The highest BCUT2D eigenvalue weighted by atomic mass is 16.6. The average molecular weight is 281 g/mol. The van der Waals surface area contributed by atoms with E-state index in [1.165, 1.54) is 10.7 Å². The fourth-order valence-electron chi connectivity index (χ4n) is 2.20. The lowest BCUT2D eigenvalue weighted by Gasteiger charge is -2.32. The summed E-state index contributed by atoms with van der Waals surface area (Å²) in [5, 5.41) is 14.7. The molecule has 1 saturated heterocycles. The molecule has 1 aliphatic heterocycles. The average Bonchev–Trinajstić information content (AvgIpc) is 2.84. The number of hydrogen-bond acceptors (Lipinski definition) is 5. The van der Waals surface area contributed by atoms with Crippen molar-refractivity contribution >= 4 is 11.7 Å². The Morgan fingerprint density at radius 2 is 1.95 bits per heavy atom. The molecular weight excluding hydrogens is 262 g/mol. The van der Waals surface area contributed by atoms with Crippen molar-refractivity contribution in [1.29, 1.82) is 0 Å². The normalized spacial score (nSPS) is 16.7. The molecule has 1 amide bonds. The molecule has 0 aromatic carbocycles. The van der Waals surface area contributed by atoms with Crippen molar-refractivity contribution < 1.29 is 9.72 Å². The van der Waals surface area contributed by atoms with E-state index in [2.05, 4.69) is 10.00 Å². The smallest absolute Gasteiger partial charge is 0.358 e. The van der Waals surface area contributed by atoms with Crippen LogP contribution in [0.3, 0.4) is 0 Å². The Morgan fingerprint density at radius 1 is 1.35 bits per heavy atom. The predicted molar refractivity (Wildman–Crippen MR) is 72.7 cm³/mol. The second-order valence-corrected chi connectivity index (χ2v) is 5.28. The third-order valence-corrected chi connectivity index (χ3v) is 3.41. The molecule has 0 unspecified atom stereocenters. The van der Waals surface area contributed by atoms with Gasteiger partial charge in [0.2, 0.25) is 0 Å². The summed E-state index contributed by atoms with van der Waals surface area (Å²) in [6, 6.07) is 1.16. The monoisotopic (exact) mass is 281 g/mol. The van der Waals surface area contributed by atoms with Gasteiger partial charge in [-0.3, -0.25) is 4.79 Å². The van der Waals surface area contributed by atoms with Crippen LogP contribution in [0.5, 0.6) is 0 Å². The van der Waals surface area contributed by atoms with Gasteiger partial charge in [0.1, 0.15) is 0 Å². The number of hydrogen-bond donors (Lipinski definition) is 0. The molecule has 8 nitrogen and oxygen atoms in total. The Hall–Kier alpha value is -1.96. The molecule has 8 heteroatoms. The fraction of sp³-hybridized carbons (Fsp3) is 0.667. The van der Waals surface area contributed by atoms with Gasteiger partial charge in [-0.15, -0.1) is 0 Å². The van der Waals surface area contributed by atoms with Crippen molar-refractivity contribution in [2.45, 2.75) is 19.9 Å². The van der Waals surface area contributed by atoms with Crippen molar-refractivity contribution in [3.63, 3.8) is 0 Å². The van der Waals surface area contributed by atoms with Crippen LogP contribution in [0.2, 0.25) is 0 Å². The summed E-state index contributed by atoms with van der Waals surface area (Å²) < 4.78 is 1.43. The zero-order chi connectivity index (χ0) is 14.9. The number of piperazine rings is 1. The van der Waals surface area contributed by atoms with E-state index in [9.17, 15) is 14.9 Å². The van der Waals surface area contributed by atoms with E-state index < -0.39 is 4.92 Å². The maximum Gasteiger partial charge on any atom is 0.390 e. The Bertz CT molecular complexity index is 517. The minimum atomic E-state index is -0.570. The van der Waals surface area contributed by atoms with Crippen LogP contribution in [0, 0.1) is 10.1 Å². The Kier molecular flexibility index (Phi) is 4.03. The van der Waals surface area contributed by atoms with Crippen LogP contribution in [0.1, 0.15) is 30.4 Å². The lowest BCUT2D eigenvalue weighted by Crippen LogP contribution is -2.47. The van der Waals surface area contributed by atoms with E-state index in [4.69, 9.17) is 0 Å². The highest BCUT2D eigenvalue weighted by Gasteiger charge is 2.29. The first-order valence-corrected chi connectivity index (χ1v) is 6.62. The fourth-order valence-corrected chi connectivity index (χ4v) is 2.20. The maximum absolute atomic E-state index is 12.5. The van der Waals surface area contributed by atoms with E-state index in [1.54, 1.807) is 4.90 Å². The number of likely N-dealkylation sites (N-methyl/N-ethyl adjacent to an activating group) is 1. The standard InChI is InChI=1S/C12H19N5O3/c1-9(2)16-10(8-11(13-16)17(19)20)12(18)15-6-4-14(3)5-7-15/h8-9H,4-7H2,1-3H3. The lowest BCUT2D eigenvalue weighted by molar-refractivity contribution is -0.389. The molecule has 2 heterocycles. The first-order chi connectivity index (χ1) is 9.40. The quantitative estimate of drug-likeness (QED) is 0.603. The molecule has 0 atom stereocenters. The van der Waals surface area contributed by atoms with Gasteiger partial charge in [-0.1, -0.05) is 0 Å². The predicted octanol–water partition coefficient (Wildman–Crippen LogP) is 0.760. The van der Waals surface area contributed by atoms with Crippen LogP contribution in [-0.2, 0) is 0 Å². The van der Waals surface area contributed by atoms with E-state index in [1.807, 2.05) is 20.9 Å². The topological polar surface area (TPSA) is 84.5 Å². The van der Waals surface area contributed by atoms with Gasteiger partial charge < -0.3 is 19.9 Å². The molecule has 0 radical (unpaired) electrons. The minimum absolute atomic E-state index is 0.102. The van der Waals surface area contributed by atoms with Crippen molar-refractivity contribution in [2.24, 2.45) is 0 Å². The van der Waals surface area contributed by atoms with Gasteiger partial charge in [0.05, 0.1) is 17.2 Å². The highest BCUT2D eigenvalue weighted by molar-refractivity contribution is 5.93. The molecule has 1 aromatic heterocycles. The molecule has 2 rings (SSSR count). The summed E-state index contributed by atoms with van der Waals surface area (Å²) in [6.07, 6.45) is 0. The third kappa shape index (κ3) is 2.79. The molecule has 0 spiro atoms. The number of nitro groups is 1. The highest BCUT2D eigenvalue weighted by Crippen LogP contribution is 2.18. The summed E-state index contributed by atoms with van der Waals surface area (Å²) >= 11 is 0. The number of carbonyl (C=O) groups is 1. The molecule has 0 saturated carbocycles. The van der Waals surface area contributed by atoms with E-state index in [0.29, 0.717) is 13.1 Å². The SMILES string of the molecule is CC(C)n1nc([N+](=O)[O-])cc1C(=O)N1CCN(C)CC1. The lowest BCUT2D eigenvalue weighted by atomic mass is 10.2. The van der Waals surface area contributed by atoms with E-state index in [0.717, 1.165) is 13.1 Å². The first-order valence-electron chi connectivity index (χ1n) is 6.62. The van der Waals surface area contributed by atoms with E-state index >= 15 is 0 Å². The molecule has 1 aromatic rings. The number of rotatable bonds is 3. The van der Waals surface area contributed by atoms with Gasteiger partial charge in [0.15, 0.2) is 5.69 Å². The Morgan fingerprint density at radius 3 is 2.45 bits per heavy atom. The van der Waals surface area contributed by atoms with Gasteiger partial charge >= 0.3 is 5.82 Å². The van der Waals surface area contributed by atoms with Gasteiger partial charge in [-0.05, 0) is 25.8 Å². The van der Waals surface area contributed by atoms with Crippen LogP contribution in [0.15, 0.2) is 6.07 Å². The van der Waals surface area contributed by atoms with Crippen molar-refractivity contribution in [1.82, 2.24) is 19.6 Å². The van der Waals surface area contributed by atoms with Gasteiger partial charge in [-0.25, -0.2) is 0 Å². The number of carbonyl (C=O) groups excluding carboxylic acids is 1. The van der Waals surface area contributed by atoms with E-state index in [-0.39, 0.29) is 23.5 Å². The second kappa shape index (κ2) is 5.58. The zero-order valence-corrected chi connectivity index (χ0v) is 11.9. The number of aromatic nitrogens is 2.